The van der Waals surface area contributed by atoms with E-state index >= 15 is 0 Å². The highest BCUT2D eigenvalue weighted by Gasteiger charge is 2.15. The fourth-order valence-electron chi connectivity index (χ4n) is 2.75. The van der Waals surface area contributed by atoms with E-state index in [-0.39, 0.29) is 23.9 Å². The minimum atomic E-state index is -3.80. The number of anilines is 1. The van der Waals surface area contributed by atoms with Gasteiger partial charge in [0.15, 0.2) is 0 Å². The molecule has 0 aliphatic heterocycles. The van der Waals surface area contributed by atoms with Gasteiger partial charge in [-0.3, -0.25) is 24.1 Å². The van der Waals surface area contributed by atoms with E-state index in [1.54, 1.807) is 24.3 Å². The van der Waals surface area contributed by atoms with Crippen molar-refractivity contribution in [3.05, 3.63) is 89.7 Å². The van der Waals surface area contributed by atoms with Gasteiger partial charge in [0.1, 0.15) is 0 Å². The summed E-state index contributed by atoms with van der Waals surface area (Å²) in [7, 11) is -3.80. The van der Waals surface area contributed by atoms with Gasteiger partial charge in [-0.2, -0.15) is 0 Å². The van der Waals surface area contributed by atoms with Crippen molar-refractivity contribution < 1.29 is 22.8 Å². The summed E-state index contributed by atoms with van der Waals surface area (Å²) in [6.45, 7) is -0.0534. The predicted octanol–water partition coefficient (Wildman–Crippen LogP) is 1.03. The summed E-state index contributed by atoms with van der Waals surface area (Å²) < 4.78 is 27.4. The van der Waals surface area contributed by atoms with Crippen LogP contribution in [0.1, 0.15) is 26.3 Å². The quantitative estimate of drug-likeness (QED) is 0.368. The monoisotopic (exact) mass is 467 g/mol. The van der Waals surface area contributed by atoms with Gasteiger partial charge in [-0.25, -0.2) is 8.42 Å². The van der Waals surface area contributed by atoms with E-state index in [2.05, 4.69) is 20.3 Å². The van der Waals surface area contributed by atoms with Gasteiger partial charge >= 0.3 is 0 Å². The molecule has 2 aromatic carbocycles. The van der Waals surface area contributed by atoms with Crippen LogP contribution in [0.5, 0.6) is 0 Å². The van der Waals surface area contributed by atoms with Gasteiger partial charge in [0.05, 0.1) is 17.1 Å². The highest BCUT2D eigenvalue weighted by molar-refractivity contribution is 7.92. The number of hydrogen-bond donors (Lipinski definition) is 4. The number of nitrogens with two attached hydrogens (primary N) is 1. The Hall–Kier alpha value is -4.25. The Balaban J connectivity index is 1.56. The molecular weight excluding hydrogens is 446 g/mol. The van der Waals surface area contributed by atoms with Crippen molar-refractivity contribution in [1.29, 1.82) is 0 Å². The van der Waals surface area contributed by atoms with Gasteiger partial charge in [-0.05, 0) is 54.1 Å². The Kier molecular flexibility index (Phi) is 7.36. The zero-order chi connectivity index (χ0) is 23.8. The standard InChI is InChI=1S/C22H21N5O5S/c23-20(28)14-26-22(30)16-3-1-15(2-4-16)13-25-21(29)17-5-7-19(8-6-17)33(31,32)27-18-9-11-24-12-10-18/h1-12H,13-14H2,(H2,23,28)(H,24,27)(H,25,29)(H,26,30). The summed E-state index contributed by atoms with van der Waals surface area (Å²) in [5, 5.41) is 5.11. The lowest BCUT2D eigenvalue weighted by atomic mass is 10.1. The number of aromatic nitrogens is 1. The van der Waals surface area contributed by atoms with Gasteiger partial charge in [0, 0.05) is 30.1 Å². The molecule has 0 atom stereocenters. The van der Waals surface area contributed by atoms with E-state index in [4.69, 9.17) is 5.73 Å². The number of nitrogens with one attached hydrogen (secondary N) is 3. The maximum absolute atomic E-state index is 12.5. The van der Waals surface area contributed by atoms with Crippen molar-refractivity contribution in [2.75, 3.05) is 11.3 Å². The molecule has 170 valence electrons. The fourth-order valence-corrected chi connectivity index (χ4v) is 3.81. The molecule has 0 saturated carbocycles. The molecule has 0 unspecified atom stereocenters. The molecule has 0 bridgehead atoms. The van der Waals surface area contributed by atoms with E-state index < -0.39 is 21.8 Å². The molecule has 10 nitrogen and oxygen atoms in total. The van der Waals surface area contributed by atoms with Crippen LogP contribution in [-0.2, 0) is 21.4 Å². The van der Waals surface area contributed by atoms with Crippen LogP contribution < -0.4 is 21.1 Å². The molecule has 33 heavy (non-hydrogen) atoms. The summed E-state index contributed by atoms with van der Waals surface area (Å²) in [6, 6.07) is 15.0. The molecule has 5 N–H and O–H groups in total. The van der Waals surface area contributed by atoms with Crippen LogP contribution in [0.15, 0.2) is 78.0 Å². The van der Waals surface area contributed by atoms with Gasteiger partial charge in [-0.1, -0.05) is 12.1 Å². The Morgan fingerprint density at radius 1 is 0.788 bits per heavy atom. The van der Waals surface area contributed by atoms with Crippen LogP contribution in [0.3, 0.4) is 0 Å². The smallest absolute Gasteiger partial charge is 0.261 e. The molecule has 3 aromatic rings. The van der Waals surface area contributed by atoms with E-state index in [1.165, 1.54) is 48.8 Å². The second-order valence-electron chi connectivity index (χ2n) is 6.89. The van der Waals surface area contributed by atoms with E-state index in [9.17, 15) is 22.8 Å². The lowest BCUT2D eigenvalue weighted by Gasteiger charge is -2.09. The highest BCUT2D eigenvalue weighted by atomic mass is 32.2. The first-order chi connectivity index (χ1) is 15.7. The maximum atomic E-state index is 12.5. The first kappa shape index (κ1) is 23.4. The van der Waals surface area contributed by atoms with Crippen molar-refractivity contribution in [2.45, 2.75) is 11.4 Å². The molecule has 3 rings (SSSR count). The Morgan fingerprint density at radius 3 is 1.91 bits per heavy atom. The van der Waals surface area contributed by atoms with Crippen molar-refractivity contribution in [2.24, 2.45) is 5.73 Å². The highest BCUT2D eigenvalue weighted by Crippen LogP contribution is 2.16. The first-order valence-corrected chi connectivity index (χ1v) is 11.2. The van der Waals surface area contributed by atoms with Gasteiger partial charge in [0.25, 0.3) is 21.8 Å². The lowest BCUT2D eigenvalue weighted by molar-refractivity contribution is -0.117. The predicted molar refractivity (Wildman–Crippen MR) is 121 cm³/mol. The van der Waals surface area contributed by atoms with Crippen molar-refractivity contribution in [3.63, 3.8) is 0 Å². The number of primary amides is 1. The Bertz CT molecular complexity index is 1240. The molecule has 0 saturated heterocycles. The normalized spacial score (nSPS) is 10.8. The van der Waals surface area contributed by atoms with Crippen molar-refractivity contribution in [1.82, 2.24) is 15.6 Å². The zero-order valence-corrected chi connectivity index (χ0v) is 18.1. The van der Waals surface area contributed by atoms with Crippen LogP contribution in [-0.4, -0.2) is 37.7 Å². The third kappa shape index (κ3) is 6.61. The Labute approximate surface area is 190 Å². The van der Waals surface area contributed by atoms with Gasteiger partial charge < -0.3 is 16.4 Å². The number of carbonyl (C=O) groups excluding carboxylic acids is 3. The molecule has 0 fully saturated rings. The van der Waals surface area contributed by atoms with Gasteiger partial charge in [-0.15, -0.1) is 0 Å². The van der Waals surface area contributed by atoms with Gasteiger partial charge in [0.2, 0.25) is 5.91 Å². The van der Waals surface area contributed by atoms with Crippen LogP contribution in [0, 0.1) is 0 Å². The second-order valence-corrected chi connectivity index (χ2v) is 8.58. The summed E-state index contributed by atoms with van der Waals surface area (Å²) in [5.74, 6) is -1.46. The average Bonchev–Trinajstić information content (AvgIpc) is 2.81. The molecule has 1 heterocycles. The molecule has 0 aliphatic carbocycles. The Morgan fingerprint density at radius 2 is 1.33 bits per heavy atom. The molecule has 0 aliphatic rings. The summed E-state index contributed by atoms with van der Waals surface area (Å²) in [6.07, 6.45) is 2.94. The summed E-state index contributed by atoms with van der Waals surface area (Å²) in [5.41, 5.74) is 6.76. The topological polar surface area (TPSA) is 160 Å². The number of rotatable bonds is 9. The third-order valence-electron chi connectivity index (χ3n) is 4.45. The zero-order valence-electron chi connectivity index (χ0n) is 17.3. The lowest BCUT2D eigenvalue weighted by Crippen LogP contribution is -2.33. The fraction of sp³-hybridized carbons (Fsp3) is 0.0909. The first-order valence-electron chi connectivity index (χ1n) is 9.71. The molecule has 1 aromatic heterocycles. The average molecular weight is 468 g/mol. The number of carbonyl (C=O) groups is 3. The van der Waals surface area contributed by atoms with Crippen molar-refractivity contribution in [3.8, 4) is 0 Å². The second kappa shape index (κ2) is 10.4. The van der Waals surface area contributed by atoms with E-state index in [0.717, 1.165) is 5.56 Å². The summed E-state index contributed by atoms with van der Waals surface area (Å²) >= 11 is 0. The minimum Gasteiger partial charge on any atom is -0.368 e. The number of benzene rings is 2. The SMILES string of the molecule is NC(=O)CNC(=O)c1ccc(CNC(=O)c2ccc(S(=O)(=O)Nc3ccncc3)cc2)cc1. The molecule has 0 radical (unpaired) electrons. The number of hydrogen-bond acceptors (Lipinski definition) is 6. The number of nitrogens with zero attached hydrogens (tertiary/aromatic N) is 1. The summed E-state index contributed by atoms with van der Waals surface area (Å²) in [4.78, 5) is 38.9. The molecule has 11 heteroatoms. The van der Waals surface area contributed by atoms with E-state index in [0.29, 0.717) is 16.8 Å². The molecule has 3 amide bonds. The van der Waals surface area contributed by atoms with Crippen molar-refractivity contribution >= 4 is 33.4 Å². The third-order valence-corrected chi connectivity index (χ3v) is 5.85. The van der Waals surface area contributed by atoms with Crippen LogP contribution in [0.4, 0.5) is 5.69 Å². The number of sulfonamides is 1. The van der Waals surface area contributed by atoms with Crippen LogP contribution >= 0.6 is 0 Å². The van der Waals surface area contributed by atoms with Crippen LogP contribution in [0.2, 0.25) is 0 Å². The molecular formula is C22H21N5O5S. The maximum Gasteiger partial charge on any atom is 0.261 e. The largest absolute Gasteiger partial charge is 0.368 e. The number of amides is 3. The number of pyridine rings is 1. The molecule has 0 spiro atoms. The minimum absolute atomic E-state index is 0.0149. The van der Waals surface area contributed by atoms with Crippen LogP contribution in [0.25, 0.3) is 0 Å². The van der Waals surface area contributed by atoms with E-state index in [1.807, 2.05) is 0 Å².